The smallest absolute Gasteiger partial charge is 0.238 e. The molecule has 1 rings (SSSR count). The minimum Gasteiger partial charge on any atom is -0.353 e. The van der Waals surface area contributed by atoms with E-state index in [1.165, 1.54) is 6.92 Å². The molecule has 17 heavy (non-hydrogen) atoms. The van der Waals surface area contributed by atoms with Gasteiger partial charge in [-0.3, -0.25) is 4.79 Å². The SMILES string of the molecule is CC1CCCC(CNC(=O)C(C)S(C)(=O)=O)N1. The minimum atomic E-state index is -3.30. The second kappa shape index (κ2) is 5.82. The van der Waals surface area contributed by atoms with E-state index < -0.39 is 21.0 Å². The van der Waals surface area contributed by atoms with E-state index in [9.17, 15) is 13.2 Å². The molecule has 1 aliphatic heterocycles. The number of amides is 1. The fraction of sp³-hybridized carbons (Fsp3) is 0.909. The summed E-state index contributed by atoms with van der Waals surface area (Å²) in [5.41, 5.74) is 0. The summed E-state index contributed by atoms with van der Waals surface area (Å²) in [5, 5.41) is 5.11. The number of hydrogen-bond acceptors (Lipinski definition) is 4. The van der Waals surface area contributed by atoms with Gasteiger partial charge in [-0.1, -0.05) is 6.42 Å². The van der Waals surface area contributed by atoms with Crippen molar-refractivity contribution in [3.8, 4) is 0 Å². The molecule has 0 aromatic carbocycles. The maximum atomic E-state index is 11.6. The van der Waals surface area contributed by atoms with E-state index in [0.29, 0.717) is 12.6 Å². The van der Waals surface area contributed by atoms with Crippen molar-refractivity contribution >= 4 is 15.7 Å². The highest BCUT2D eigenvalue weighted by Gasteiger charge is 2.24. The molecule has 0 saturated carbocycles. The Bertz CT molecular complexity index is 367. The van der Waals surface area contributed by atoms with Gasteiger partial charge in [0.25, 0.3) is 0 Å². The van der Waals surface area contributed by atoms with E-state index in [0.717, 1.165) is 25.5 Å². The van der Waals surface area contributed by atoms with Crippen molar-refractivity contribution in [1.82, 2.24) is 10.6 Å². The van der Waals surface area contributed by atoms with Gasteiger partial charge in [-0.15, -0.1) is 0 Å². The summed E-state index contributed by atoms with van der Waals surface area (Å²) in [6.45, 7) is 4.04. The highest BCUT2D eigenvalue weighted by molar-refractivity contribution is 7.92. The fourth-order valence-electron chi connectivity index (χ4n) is 1.96. The average Bonchev–Trinajstić information content (AvgIpc) is 2.23. The molecule has 2 N–H and O–H groups in total. The van der Waals surface area contributed by atoms with Crippen LogP contribution in [0, 0.1) is 0 Å². The van der Waals surface area contributed by atoms with Gasteiger partial charge in [0.2, 0.25) is 5.91 Å². The van der Waals surface area contributed by atoms with Crippen molar-refractivity contribution in [2.24, 2.45) is 0 Å². The molecule has 0 aliphatic carbocycles. The Hall–Kier alpha value is -0.620. The van der Waals surface area contributed by atoms with Crippen molar-refractivity contribution in [2.75, 3.05) is 12.8 Å². The molecule has 1 heterocycles. The third-order valence-electron chi connectivity index (χ3n) is 3.24. The van der Waals surface area contributed by atoms with Crippen LogP contribution in [0.5, 0.6) is 0 Å². The Labute approximate surface area is 103 Å². The van der Waals surface area contributed by atoms with Gasteiger partial charge in [-0.2, -0.15) is 0 Å². The predicted octanol–water partition coefficient (Wildman–Crippen LogP) is 0.0663. The van der Waals surface area contributed by atoms with E-state index >= 15 is 0 Å². The Morgan fingerprint density at radius 3 is 2.65 bits per heavy atom. The van der Waals surface area contributed by atoms with Gasteiger partial charge in [0.05, 0.1) is 0 Å². The van der Waals surface area contributed by atoms with Crippen LogP contribution >= 0.6 is 0 Å². The van der Waals surface area contributed by atoms with E-state index in [4.69, 9.17) is 0 Å². The number of nitrogens with one attached hydrogen (secondary N) is 2. The second-order valence-corrected chi connectivity index (χ2v) is 7.28. The van der Waals surface area contributed by atoms with Gasteiger partial charge >= 0.3 is 0 Å². The lowest BCUT2D eigenvalue weighted by molar-refractivity contribution is -0.120. The van der Waals surface area contributed by atoms with E-state index in [1.54, 1.807) is 0 Å². The molecule has 3 atom stereocenters. The molecule has 0 radical (unpaired) electrons. The lowest BCUT2D eigenvalue weighted by atomic mass is 10.00. The quantitative estimate of drug-likeness (QED) is 0.751. The number of carbonyl (C=O) groups is 1. The Kier molecular flexibility index (Phi) is 4.94. The highest BCUT2D eigenvalue weighted by atomic mass is 32.2. The normalized spacial score (nSPS) is 27.5. The van der Waals surface area contributed by atoms with Crippen molar-refractivity contribution < 1.29 is 13.2 Å². The lowest BCUT2D eigenvalue weighted by Crippen LogP contribution is -2.49. The van der Waals surface area contributed by atoms with Crippen molar-refractivity contribution in [2.45, 2.75) is 50.4 Å². The first-order chi connectivity index (χ1) is 7.80. The van der Waals surface area contributed by atoms with Gasteiger partial charge in [0.15, 0.2) is 9.84 Å². The summed E-state index contributed by atoms with van der Waals surface area (Å²) in [4.78, 5) is 11.6. The highest BCUT2D eigenvalue weighted by Crippen LogP contribution is 2.11. The first-order valence-electron chi connectivity index (χ1n) is 6.03. The van der Waals surface area contributed by atoms with Crippen LogP contribution in [0.4, 0.5) is 0 Å². The number of hydrogen-bond donors (Lipinski definition) is 2. The minimum absolute atomic E-state index is 0.259. The number of sulfone groups is 1. The maximum absolute atomic E-state index is 11.6. The van der Waals surface area contributed by atoms with Crippen LogP contribution in [0.15, 0.2) is 0 Å². The van der Waals surface area contributed by atoms with Crippen molar-refractivity contribution in [1.29, 1.82) is 0 Å². The molecule has 1 amide bonds. The monoisotopic (exact) mass is 262 g/mol. The van der Waals surface area contributed by atoms with Crippen LogP contribution in [0.25, 0.3) is 0 Å². The Morgan fingerprint density at radius 1 is 1.47 bits per heavy atom. The van der Waals surface area contributed by atoms with Crippen LogP contribution in [-0.4, -0.2) is 44.5 Å². The maximum Gasteiger partial charge on any atom is 0.238 e. The van der Waals surface area contributed by atoms with Gasteiger partial charge < -0.3 is 10.6 Å². The first-order valence-corrected chi connectivity index (χ1v) is 7.99. The molecule has 1 aliphatic rings. The topological polar surface area (TPSA) is 75.3 Å². The molecule has 0 aromatic heterocycles. The standard InChI is InChI=1S/C11H22N2O3S/c1-8-5-4-6-10(13-8)7-12-11(14)9(2)17(3,15)16/h8-10,13H,4-7H2,1-3H3,(H,12,14). The molecular weight excluding hydrogens is 240 g/mol. The lowest BCUT2D eigenvalue weighted by Gasteiger charge is -2.29. The van der Waals surface area contributed by atoms with E-state index in [2.05, 4.69) is 17.6 Å². The van der Waals surface area contributed by atoms with Crippen LogP contribution in [0.1, 0.15) is 33.1 Å². The summed E-state index contributed by atoms with van der Waals surface area (Å²) in [7, 11) is -3.30. The molecule has 5 nitrogen and oxygen atoms in total. The molecule has 0 bridgehead atoms. The fourth-order valence-corrected chi connectivity index (χ4v) is 2.43. The Balaban J connectivity index is 2.38. The molecule has 0 spiro atoms. The number of piperidine rings is 1. The zero-order valence-corrected chi connectivity index (χ0v) is 11.5. The van der Waals surface area contributed by atoms with E-state index in [1.807, 2.05) is 0 Å². The zero-order chi connectivity index (χ0) is 13.1. The molecule has 0 aromatic rings. The largest absolute Gasteiger partial charge is 0.353 e. The summed E-state index contributed by atoms with van der Waals surface area (Å²) in [6.07, 6.45) is 4.41. The number of rotatable bonds is 4. The number of carbonyl (C=O) groups excluding carboxylic acids is 1. The Morgan fingerprint density at radius 2 is 2.12 bits per heavy atom. The molecule has 6 heteroatoms. The zero-order valence-electron chi connectivity index (χ0n) is 10.7. The summed E-state index contributed by atoms with van der Waals surface area (Å²) < 4.78 is 22.4. The van der Waals surface area contributed by atoms with Crippen molar-refractivity contribution in [3.63, 3.8) is 0 Å². The van der Waals surface area contributed by atoms with Crippen molar-refractivity contribution in [3.05, 3.63) is 0 Å². The molecule has 1 saturated heterocycles. The predicted molar refractivity (Wildman–Crippen MR) is 67.6 cm³/mol. The second-order valence-electron chi connectivity index (χ2n) is 4.91. The average molecular weight is 262 g/mol. The van der Waals surface area contributed by atoms with Gasteiger partial charge in [0.1, 0.15) is 5.25 Å². The first kappa shape index (κ1) is 14.4. The third kappa shape index (κ3) is 4.63. The van der Waals surface area contributed by atoms with Gasteiger partial charge in [-0.05, 0) is 26.7 Å². The third-order valence-corrected chi connectivity index (χ3v) is 4.74. The van der Waals surface area contributed by atoms with Gasteiger partial charge in [0, 0.05) is 24.9 Å². The van der Waals surface area contributed by atoms with E-state index in [-0.39, 0.29) is 6.04 Å². The van der Waals surface area contributed by atoms with Crippen LogP contribution in [0.3, 0.4) is 0 Å². The van der Waals surface area contributed by atoms with Crippen LogP contribution < -0.4 is 10.6 Å². The van der Waals surface area contributed by atoms with Crippen LogP contribution in [-0.2, 0) is 14.6 Å². The van der Waals surface area contributed by atoms with Crippen LogP contribution in [0.2, 0.25) is 0 Å². The molecule has 3 unspecified atom stereocenters. The van der Waals surface area contributed by atoms with Gasteiger partial charge in [-0.25, -0.2) is 8.42 Å². The molecule has 100 valence electrons. The summed E-state index contributed by atoms with van der Waals surface area (Å²) >= 11 is 0. The summed E-state index contributed by atoms with van der Waals surface area (Å²) in [5.74, 6) is -0.410. The summed E-state index contributed by atoms with van der Waals surface area (Å²) in [6, 6.07) is 0.729. The molecule has 1 fully saturated rings. The molecular formula is C11H22N2O3S.